The van der Waals surface area contributed by atoms with Crippen molar-refractivity contribution < 1.29 is 19.1 Å². The fourth-order valence-electron chi connectivity index (χ4n) is 4.77. The molecule has 9 nitrogen and oxygen atoms in total. The fourth-order valence-corrected chi connectivity index (χ4v) is 4.77. The van der Waals surface area contributed by atoms with E-state index in [9.17, 15) is 14.4 Å². The van der Waals surface area contributed by atoms with Gasteiger partial charge in [-0.25, -0.2) is 4.79 Å². The molecule has 2 saturated heterocycles. The van der Waals surface area contributed by atoms with Gasteiger partial charge in [-0.05, 0) is 29.7 Å². The molecule has 4 amide bonds. The van der Waals surface area contributed by atoms with Crippen molar-refractivity contribution in [2.24, 2.45) is 0 Å². The van der Waals surface area contributed by atoms with E-state index < -0.39 is 17.5 Å². The van der Waals surface area contributed by atoms with E-state index in [1.54, 1.807) is 31.2 Å². The summed E-state index contributed by atoms with van der Waals surface area (Å²) in [4.78, 5) is 42.4. The second kappa shape index (κ2) is 9.08. The molecule has 0 bridgehead atoms. The first kappa shape index (κ1) is 22.4. The van der Waals surface area contributed by atoms with E-state index in [4.69, 9.17) is 4.74 Å². The average molecular weight is 464 g/mol. The number of hydrogen-bond acceptors (Lipinski definition) is 6. The molecule has 3 aliphatic heterocycles. The highest BCUT2D eigenvalue weighted by Crippen LogP contribution is 2.28. The molecule has 0 radical (unpaired) electrons. The predicted octanol–water partition coefficient (Wildman–Crippen LogP) is 1.24. The number of rotatable bonds is 6. The normalized spacial score (nSPS) is 22.9. The lowest BCUT2D eigenvalue weighted by Gasteiger charge is -2.34. The number of fused-ring (bicyclic) bond motifs is 1. The van der Waals surface area contributed by atoms with Crippen LogP contribution in [0.1, 0.15) is 23.6 Å². The molecular formula is C25H29N5O4. The van der Waals surface area contributed by atoms with Crippen LogP contribution in [0.2, 0.25) is 0 Å². The van der Waals surface area contributed by atoms with E-state index in [-0.39, 0.29) is 12.5 Å². The highest BCUT2D eigenvalue weighted by atomic mass is 16.5. The number of imide groups is 1. The monoisotopic (exact) mass is 463 g/mol. The van der Waals surface area contributed by atoms with Crippen LogP contribution in [-0.2, 0) is 28.1 Å². The van der Waals surface area contributed by atoms with Crippen molar-refractivity contribution in [1.29, 1.82) is 0 Å². The number of hydrazine groups is 1. The van der Waals surface area contributed by atoms with Gasteiger partial charge >= 0.3 is 6.03 Å². The lowest BCUT2D eigenvalue weighted by Crippen LogP contribution is -2.53. The smallest absolute Gasteiger partial charge is 0.344 e. The molecule has 2 N–H and O–H groups in total. The number of hydrogen-bond donors (Lipinski definition) is 2. The van der Waals surface area contributed by atoms with Crippen molar-refractivity contribution in [2.45, 2.75) is 25.4 Å². The molecule has 2 aromatic carbocycles. The Balaban J connectivity index is 1.11. The van der Waals surface area contributed by atoms with E-state index >= 15 is 0 Å². The van der Waals surface area contributed by atoms with Crippen LogP contribution in [0.25, 0.3) is 0 Å². The molecule has 2 fully saturated rings. The Morgan fingerprint density at radius 1 is 1.06 bits per heavy atom. The molecular weight excluding hydrogens is 434 g/mol. The first-order chi connectivity index (χ1) is 16.4. The maximum atomic E-state index is 13.0. The first-order valence-corrected chi connectivity index (χ1v) is 11.6. The summed E-state index contributed by atoms with van der Waals surface area (Å²) in [5.41, 5.74) is 4.50. The van der Waals surface area contributed by atoms with Gasteiger partial charge in [0.05, 0.1) is 13.2 Å². The Labute approximate surface area is 198 Å². The summed E-state index contributed by atoms with van der Waals surface area (Å²) >= 11 is 0. The Morgan fingerprint density at radius 2 is 1.79 bits per heavy atom. The highest BCUT2D eigenvalue weighted by molar-refractivity contribution is 6.08. The van der Waals surface area contributed by atoms with E-state index in [1.165, 1.54) is 11.1 Å². The SMILES string of the molecule is CC1(c2ccccc2)NC(=O)N(NC(=O)CN2CCN(Cc3ccc4c(c3)CCO4)CC2)C1=O. The molecule has 3 aliphatic rings. The molecule has 34 heavy (non-hydrogen) atoms. The number of urea groups is 1. The molecule has 1 unspecified atom stereocenters. The van der Waals surface area contributed by atoms with E-state index in [0.717, 1.165) is 56.5 Å². The molecule has 178 valence electrons. The van der Waals surface area contributed by atoms with Crippen LogP contribution in [0.4, 0.5) is 4.79 Å². The van der Waals surface area contributed by atoms with Crippen LogP contribution in [0, 0.1) is 0 Å². The third-order valence-corrected chi connectivity index (χ3v) is 6.77. The van der Waals surface area contributed by atoms with Crippen molar-refractivity contribution >= 4 is 17.8 Å². The van der Waals surface area contributed by atoms with Crippen molar-refractivity contribution in [1.82, 2.24) is 25.6 Å². The van der Waals surface area contributed by atoms with Gasteiger partial charge in [-0.15, -0.1) is 0 Å². The average Bonchev–Trinajstić information content (AvgIpc) is 3.39. The van der Waals surface area contributed by atoms with Gasteiger partial charge in [0.25, 0.3) is 11.8 Å². The summed E-state index contributed by atoms with van der Waals surface area (Å²) in [6, 6.07) is 14.8. The van der Waals surface area contributed by atoms with E-state index in [2.05, 4.69) is 33.8 Å². The topological polar surface area (TPSA) is 94.2 Å². The molecule has 5 rings (SSSR count). The second-order valence-electron chi connectivity index (χ2n) is 9.19. The summed E-state index contributed by atoms with van der Waals surface area (Å²) in [7, 11) is 0. The number of benzene rings is 2. The van der Waals surface area contributed by atoms with Crippen LogP contribution >= 0.6 is 0 Å². The maximum Gasteiger partial charge on any atom is 0.344 e. The van der Waals surface area contributed by atoms with E-state index in [0.29, 0.717) is 5.56 Å². The van der Waals surface area contributed by atoms with Gasteiger partial charge in [-0.2, -0.15) is 5.01 Å². The number of amides is 4. The van der Waals surface area contributed by atoms with Gasteiger partial charge < -0.3 is 10.1 Å². The summed E-state index contributed by atoms with van der Waals surface area (Å²) in [6.07, 6.45) is 0.966. The summed E-state index contributed by atoms with van der Waals surface area (Å²) in [5, 5.41) is 3.49. The number of piperazine rings is 1. The minimum absolute atomic E-state index is 0.128. The van der Waals surface area contributed by atoms with Crippen LogP contribution in [0.3, 0.4) is 0 Å². The molecule has 0 aromatic heterocycles. The quantitative estimate of drug-likeness (QED) is 0.626. The van der Waals surface area contributed by atoms with Gasteiger partial charge in [0.2, 0.25) is 0 Å². The zero-order valence-electron chi connectivity index (χ0n) is 19.3. The maximum absolute atomic E-state index is 13.0. The Bertz CT molecular complexity index is 1100. The minimum atomic E-state index is -1.21. The number of carbonyl (C=O) groups is 3. The standard InChI is InChI=1S/C25H29N5O4/c1-25(20-5-3-2-4-6-20)23(32)30(24(33)26-25)27-22(31)17-29-12-10-28(11-13-29)16-18-7-8-21-19(15-18)9-14-34-21/h2-8,15H,9-14,16-17H2,1H3,(H,26,33)(H,27,31). The zero-order chi connectivity index (χ0) is 23.7. The Hall–Kier alpha value is -3.43. The second-order valence-corrected chi connectivity index (χ2v) is 9.19. The fraction of sp³-hybridized carbons (Fsp3) is 0.400. The number of nitrogens with zero attached hydrogens (tertiary/aromatic N) is 3. The summed E-state index contributed by atoms with van der Waals surface area (Å²) in [6.45, 7) is 6.56. The Kier molecular flexibility index (Phi) is 5.97. The third kappa shape index (κ3) is 4.36. The molecule has 0 aliphatic carbocycles. The van der Waals surface area contributed by atoms with E-state index in [1.807, 2.05) is 11.0 Å². The molecule has 3 heterocycles. The molecule has 9 heteroatoms. The highest BCUT2D eigenvalue weighted by Gasteiger charge is 2.50. The molecule has 1 atom stereocenters. The molecule has 2 aromatic rings. The zero-order valence-corrected chi connectivity index (χ0v) is 19.3. The lowest BCUT2D eigenvalue weighted by atomic mass is 9.92. The summed E-state index contributed by atoms with van der Waals surface area (Å²) in [5.74, 6) is 0.114. The first-order valence-electron chi connectivity index (χ1n) is 11.6. The largest absolute Gasteiger partial charge is 0.493 e. The van der Waals surface area contributed by atoms with Crippen LogP contribution < -0.4 is 15.5 Å². The lowest BCUT2D eigenvalue weighted by molar-refractivity contribution is -0.139. The molecule has 0 spiro atoms. The van der Waals surface area contributed by atoms with Crippen molar-refractivity contribution in [3.8, 4) is 5.75 Å². The molecule has 0 saturated carbocycles. The van der Waals surface area contributed by atoms with Gasteiger partial charge in [0, 0.05) is 39.1 Å². The van der Waals surface area contributed by atoms with Crippen LogP contribution in [0.15, 0.2) is 48.5 Å². The van der Waals surface area contributed by atoms with Crippen molar-refractivity contribution in [2.75, 3.05) is 39.3 Å². The minimum Gasteiger partial charge on any atom is -0.493 e. The van der Waals surface area contributed by atoms with Gasteiger partial charge in [0.1, 0.15) is 11.3 Å². The predicted molar refractivity (Wildman–Crippen MR) is 125 cm³/mol. The van der Waals surface area contributed by atoms with Crippen LogP contribution in [-0.4, -0.2) is 72.0 Å². The van der Waals surface area contributed by atoms with Crippen molar-refractivity contribution in [3.05, 3.63) is 65.2 Å². The number of nitrogens with one attached hydrogen (secondary N) is 2. The number of carbonyl (C=O) groups excluding carboxylic acids is 3. The van der Waals surface area contributed by atoms with Gasteiger partial charge in [-0.3, -0.25) is 24.8 Å². The Morgan fingerprint density at radius 3 is 2.56 bits per heavy atom. The summed E-state index contributed by atoms with van der Waals surface area (Å²) < 4.78 is 5.58. The number of ether oxygens (including phenoxy) is 1. The van der Waals surface area contributed by atoms with Gasteiger partial charge in [-0.1, -0.05) is 42.5 Å². The van der Waals surface area contributed by atoms with Crippen molar-refractivity contribution in [3.63, 3.8) is 0 Å². The van der Waals surface area contributed by atoms with Crippen LogP contribution in [0.5, 0.6) is 5.75 Å². The third-order valence-electron chi connectivity index (χ3n) is 6.77. The van der Waals surface area contributed by atoms with Gasteiger partial charge in [0.15, 0.2) is 0 Å².